The topological polar surface area (TPSA) is 44.8 Å². The van der Waals surface area contributed by atoms with Crippen molar-refractivity contribution in [3.63, 3.8) is 0 Å². The summed E-state index contributed by atoms with van der Waals surface area (Å²) in [6.07, 6.45) is 0. The Kier molecular flexibility index (Phi) is 4.27. The van der Waals surface area contributed by atoms with Gasteiger partial charge in [-0.1, -0.05) is 18.2 Å². The van der Waals surface area contributed by atoms with Crippen molar-refractivity contribution in [2.75, 3.05) is 5.23 Å². The van der Waals surface area contributed by atoms with Gasteiger partial charge in [-0.15, -0.1) is 0 Å². The van der Waals surface area contributed by atoms with Gasteiger partial charge in [-0.2, -0.15) is 0 Å². The Balaban J connectivity index is 2.03. The predicted molar refractivity (Wildman–Crippen MR) is 79.6 cm³/mol. The Morgan fingerprint density at radius 1 is 0.850 bits per heavy atom. The standard InChI is InChI=1S/C16H18NO3/c1-16(2,3)20-17(18)13-9-11-15(12-10-13)19-14-7-5-4-6-8-14/h4-12H,1-3H3/q-1. The summed E-state index contributed by atoms with van der Waals surface area (Å²) in [4.78, 5) is 5.22. The molecule has 0 fully saturated rings. The molecule has 0 aromatic heterocycles. The molecule has 0 atom stereocenters. The molecule has 106 valence electrons. The fraction of sp³-hybridized carbons (Fsp3) is 0.250. The highest BCUT2D eigenvalue weighted by Crippen LogP contribution is 2.25. The summed E-state index contributed by atoms with van der Waals surface area (Å²) in [7, 11) is 0. The molecule has 0 amide bonds. The summed E-state index contributed by atoms with van der Waals surface area (Å²) in [5.74, 6) is 1.43. The van der Waals surface area contributed by atoms with E-state index in [2.05, 4.69) is 0 Å². The molecule has 0 saturated heterocycles. The third-order valence-corrected chi connectivity index (χ3v) is 2.38. The van der Waals surface area contributed by atoms with E-state index >= 15 is 0 Å². The first kappa shape index (κ1) is 14.4. The Labute approximate surface area is 119 Å². The minimum absolute atomic E-state index is 0.431. The maximum atomic E-state index is 11.8. The van der Waals surface area contributed by atoms with Gasteiger partial charge in [-0.3, -0.25) is 4.84 Å². The predicted octanol–water partition coefficient (Wildman–Crippen LogP) is 4.51. The molecule has 4 nitrogen and oxygen atoms in total. The van der Waals surface area contributed by atoms with Crippen molar-refractivity contribution in [3.05, 3.63) is 59.8 Å². The van der Waals surface area contributed by atoms with Crippen LogP contribution in [0.4, 0.5) is 5.69 Å². The Morgan fingerprint density at radius 3 is 1.95 bits per heavy atom. The van der Waals surface area contributed by atoms with Crippen molar-refractivity contribution in [2.24, 2.45) is 0 Å². The van der Waals surface area contributed by atoms with Crippen molar-refractivity contribution in [1.82, 2.24) is 0 Å². The van der Waals surface area contributed by atoms with Crippen LogP contribution in [-0.2, 0) is 4.84 Å². The third-order valence-electron chi connectivity index (χ3n) is 2.38. The lowest BCUT2D eigenvalue weighted by atomic mass is 10.2. The summed E-state index contributed by atoms with van der Waals surface area (Å²) in [5.41, 5.74) is -0.0960. The number of anilines is 1. The zero-order chi connectivity index (χ0) is 14.6. The fourth-order valence-corrected chi connectivity index (χ4v) is 1.56. The smallest absolute Gasteiger partial charge is 0.127 e. The lowest BCUT2D eigenvalue weighted by molar-refractivity contribution is -0.00548. The normalized spacial score (nSPS) is 11.2. The van der Waals surface area contributed by atoms with Gasteiger partial charge in [0.2, 0.25) is 0 Å². The number of hydrogen-bond donors (Lipinski definition) is 0. The number of benzene rings is 2. The molecule has 2 aromatic carbocycles. The molecule has 0 saturated carbocycles. The third kappa shape index (κ3) is 4.26. The summed E-state index contributed by atoms with van der Waals surface area (Å²) in [6, 6.07) is 16.3. The molecule has 2 rings (SSSR count). The van der Waals surface area contributed by atoms with E-state index in [0.29, 0.717) is 16.7 Å². The molecule has 0 aliphatic carbocycles. The second kappa shape index (κ2) is 5.94. The van der Waals surface area contributed by atoms with Gasteiger partial charge >= 0.3 is 0 Å². The van der Waals surface area contributed by atoms with Crippen LogP contribution in [0.3, 0.4) is 0 Å². The minimum atomic E-state index is -0.527. The molecule has 0 aliphatic heterocycles. The van der Waals surface area contributed by atoms with Gasteiger partial charge in [0.15, 0.2) is 0 Å². The van der Waals surface area contributed by atoms with E-state index in [1.165, 1.54) is 0 Å². The summed E-state index contributed by atoms with van der Waals surface area (Å²) in [6.45, 7) is 5.47. The average Bonchev–Trinajstić information content (AvgIpc) is 2.39. The fourth-order valence-electron chi connectivity index (χ4n) is 1.56. The molecule has 0 N–H and O–H groups in total. The Bertz CT molecular complexity index is 532. The van der Waals surface area contributed by atoms with Crippen LogP contribution < -0.4 is 9.96 Å². The van der Waals surface area contributed by atoms with E-state index < -0.39 is 5.60 Å². The van der Waals surface area contributed by atoms with Crippen LogP contribution in [0.1, 0.15) is 20.8 Å². The molecule has 0 aliphatic rings. The zero-order valence-electron chi connectivity index (χ0n) is 11.9. The van der Waals surface area contributed by atoms with E-state index in [0.717, 1.165) is 5.75 Å². The van der Waals surface area contributed by atoms with Crippen LogP contribution in [0.2, 0.25) is 0 Å². The van der Waals surface area contributed by atoms with Crippen molar-refractivity contribution in [1.29, 1.82) is 0 Å². The van der Waals surface area contributed by atoms with E-state index in [9.17, 15) is 5.21 Å². The number of hydrogen-bond acceptors (Lipinski definition) is 4. The molecule has 2 aromatic rings. The van der Waals surface area contributed by atoms with Crippen molar-refractivity contribution in [3.8, 4) is 11.5 Å². The van der Waals surface area contributed by atoms with Crippen molar-refractivity contribution < 1.29 is 9.57 Å². The number of nitrogens with zero attached hydrogens (tertiary/aromatic N) is 1. The molecule has 0 bridgehead atoms. The van der Waals surface area contributed by atoms with Gasteiger partial charge in [-0.25, -0.2) is 0 Å². The number of para-hydroxylation sites is 1. The van der Waals surface area contributed by atoms with Gasteiger partial charge < -0.3 is 15.2 Å². The van der Waals surface area contributed by atoms with Crippen LogP contribution >= 0.6 is 0 Å². The van der Waals surface area contributed by atoms with E-state index in [4.69, 9.17) is 9.57 Å². The van der Waals surface area contributed by atoms with Gasteiger partial charge in [0.25, 0.3) is 0 Å². The average molecular weight is 272 g/mol. The molecule has 0 heterocycles. The maximum Gasteiger partial charge on any atom is 0.127 e. The zero-order valence-corrected chi connectivity index (χ0v) is 11.9. The molecule has 0 radical (unpaired) electrons. The molecule has 0 spiro atoms. The monoisotopic (exact) mass is 272 g/mol. The van der Waals surface area contributed by atoms with Crippen LogP contribution in [0.25, 0.3) is 0 Å². The maximum absolute atomic E-state index is 11.8. The number of ether oxygens (including phenoxy) is 1. The van der Waals surface area contributed by atoms with Gasteiger partial charge in [0, 0.05) is 0 Å². The van der Waals surface area contributed by atoms with Gasteiger partial charge in [0.1, 0.15) is 11.5 Å². The lowest BCUT2D eigenvalue weighted by Crippen LogP contribution is -2.29. The minimum Gasteiger partial charge on any atom is -0.733 e. The van der Waals surface area contributed by atoms with E-state index in [1.54, 1.807) is 24.3 Å². The Hall–Kier alpha value is -2.04. The molecule has 4 heteroatoms. The van der Waals surface area contributed by atoms with Crippen LogP contribution in [0.15, 0.2) is 54.6 Å². The summed E-state index contributed by atoms with van der Waals surface area (Å²) < 4.78 is 5.65. The lowest BCUT2D eigenvalue weighted by Gasteiger charge is -2.35. The highest BCUT2D eigenvalue weighted by Gasteiger charge is 2.12. The second-order valence-electron chi connectivity index (χ2n) is 5.37. The Morgan fingerprint density at radius 2 is 1.40 bits per heavy atom. The van der Waals surface area contributed by atoms with E-state index in [1.807, 2.05) is 51.1 Å². The summed E-state index contributed by atoms with van der Waals surface area (Å²) >= 11 is 0. The van der Waals surface area contributed by atoms with Gasteiger partial charge in [-0.05, 0) is 57.2 Å². The highest BCUT2D eigenvalue weighted by molar-refractivity contribution is 5.48. The second-order valence-corrected chi connectivity index (χ2v) is 5.37. The van der Waals surface area contributed by atoms with Crippen molar-refractivity contribution in [2.45, 2.75) is 26.4 Å². The van der Waals surface area contributed by atoms with E-state index in [-0.39, 0.29) is 0 Å². The SMILES string of the molecule is CC(C)(C)ON([O-])c1ccc(Oc2ccccc2)cc1. The molecular weight excluding hydrogens is 254 g/mol. The first-order valence-electron chi connectivity index (χ1n) is 6.43. The molecular formula is C16H18NO3-. The largest absolute Gasteiger partial charge is 0.733 e. The number of rotatable bonds is 4. The first-order valence-corrected chi connectivity index (χ1v) is 6.43. The van der Waals surface area contributed by atoms with Crippen LogP contribution in [0, 0.1) is 5.21 Å². The van der Waals surface area contributed by atoms with Crippen molar-refractivity contribution >= 4 is 5.69 Å². The van der Waals surface area contributed by atoms with Crippen LogP contribution in [0.5, 0.6) is 11.5 Å². The molecule has 0 unspecified atom stereocenters. The van der Waals surface area contributed by atoms with Gasteiger partial charge in [0.05, 0.1) is 11.3 Å². The van der Waals surface area contributed by atoms with Crippen LogP contribution in [-0.4, -0.2) is 5.60 Å². The highest BCUT2D eigenvalue weighted by atomic mass is 16.9. The molecule has 20 heavy (non-hydrogen) atoms. The quantitative estimate of drug-likeness (QED) is 0.768. The summed E-state index contributed by atoms with van der Waals surface area (Å²) in [5, 5.41) is 12.3. The first-order chi connectivity index (χ1) is 9.44.